The summed E-state index contributed by atoms with van der Waals surface area (Å²) in [4.78, 5) is 32.0. The van der Waals surface area contributed by atoms with Crippen molar-refractivity contribution in [1.29, 1.82) is 0 Å². The highest BCUT2D eigenvalue weighted by Crippen LogP contribution is 2.25. The molecule has 0 aliphatic heterocycles. The predicted molar refractivity (Wildman–Crippen MR) is 97.4 cm³/mol. The molecule has 0 atom stereocenters. The van der Waals surface area contributed by atoms with Gasteiger partial charge in [-0.3, -0.25) is 25.0 Å². The maximum absolute atomic E-state index is 12.1. The fraction of sp³-hybridized carbons (Fsp3) is 0.235. The number of ether oxygens (including phenoxy) is 2. The SMILES string of the molecule is C.O=C(NCCOc1ccc(OC(F)(F)F)cc1)c1cc([N+](=O)[O-])cc([N+](=O)[O-])c1. The van der Waals surface area contributed by atoms with E-state index < -0.39 is 39.2 Å². The average Bonchev–Trinajstić information content (AvgIpc) is 2.64. The summed E-state index contributed by atoms with van der Waals surface area (Å²) in [5, 5.41) is 24.0. The first-order chi connectivity index (χ1) is 13.5. The second-order valence-electron chi connectivity index (χ2n) is 5.38. The van der Waals surface area contributed by atoms with Crippen molar-refractivity contribution in [3.05, 3.63) is 68.3 Å². The molecule has 13 heteroatoms. The quantitative estimate of drug-likeness (QED) is 0.381. The molecular formula is C17H16F3N3O7. The van der Waals surface area contributed by atoms with Crippen LogP contribution in [0.3, 0.4) is 0 Å². The van der Waals surface area contributed by atoms with Gasteiger partial charge in [0.15, 0.2) is 0 Å². The first-order valence-electron chi connectivity index (χ1n) is 7.76. The molecule has 1 amide bonds. The van der Waals surface area contributed by atoms with Crippen LogP contribution in [-0.2, 0) is 0 Å². The lowest BCUT2D eigenvalue weighted by molar-refractivity contribution is -0.394. The largest absolute Gasteiger partial charge is 0.573 e. The monoisotopic (exact) mass is 431 g/mol. The van der Waals surface area contributed by atoms with Crippen LogP contribution in [0.4, 0.5) is 24.5 Å². The van der Waals surface area contributed by atoms with E-state index >= 15 is 0 Å². The van der Waals surface area contributed by atoms with Crippen LogP contribution < -0.4 is 14.8 Å². The Morgan fingerprint density at radius 1 is 0.967 bits per heavy atom. The smallest absolute Gasteiger partial charge is 0.492 e. The van der Waals surface area contributed by atoms with Crippen LogP contribution in [0.5, 0.6) is 11.5 Å². The summed E-state index contributed by atoms with van der Waals surface area (Å²) in [6.07, 6.45) is -4.81. The van der Waals surface area contributed by atoms with Crippen molar-refractivity contribution in [2.75, 3.05) is 13.2 Å². The highest BCUT2D eigenvalue weighted by atomic mass is 19.4. The number of amides is 1. The number of carbonyl (C=O) groups is 1. The molecule has 0 aliphatic carbocycles. The van der Waals surface area contributed by atoms with E-state index in [2.05, 4.69) is 10.1 Å². The summed E-state index contributed by atoms with van der Waals surface area (Å²) in [6, 6.07) is 7.06. The molecule has 2 aromatic rings. The van der Waals surface area contributed by atoms with Gasteiger partial charge in [-0.1, -0.05) is 7.43 Å². The van der Waals surface area contributed by atoms with Crippen LogP contribution in [-0.4, -0.2) is 35.3 Å². The number of benzene rings is 2. The first kappa shape index (κ1) is 24.1. The number of carbonyl (C=O) groups excluding carboxylic acids is 1. The van der Waals surface area contributed by atoms with Gasteiger partial charge in [0.25, 0.3) is 17.3 Å². The second-order valence-corrected chi connectivity index (χ2v) is 5.38. The van der Waals surface area contributed by atoms with Gasteiger partial charge in [0, 0.05) is 12.1 Å². The number of hydrogen-bond donors (Lipinski definition) is 1. The predicted octanol–water partition coefficient (Wildman–Crippen LogP) is 3.85. The number of nitrogens with one attached hydrogen (secondary N) is 1. The Kier molecular flexibility index (Phi) is 8.08. The maximum atomic E-state index is 12.1. The van der Waals surface area contributed by atoms with Gasteiger partial charge in [-0.25, -0.2) is 0 Å². The molecule has 2 rings (SSSR count). The Bertz CT molecular complexity index is 886. The minimum Gasteiger partial charge on any atom is -0.492 e. The number of nitrogens with zero attached hydrogens (tertiary/aromatic N) is 2. The van der Waals surface area contributed by atoms with Gasteiger partial charge < -0.3 is 14.8 Å². The van der Waals surface area contributed by atoms with Crippen LogP contribution in [0.2, 0.25) is 0 Å². The molecule has 0 aliphatic rings. The zero-order valence-corrected chi connectivity index (χ0v) is 14.3. The number of rotatable bonds is 8. The van der Waals surface area contributed by atoms with Crippen molar-refractivity contribution in [2.45, 2.75) is 13.8 Å². The Labute approximate surface area is 167 Å². The van der Waals surface area contributed by atoms with E-state index in [1.54, 1.807) is 0 Å². The molecule has 0 fully saturated rings. The fourth-order valence-corrected chi connectivity index (χ4v) is 2.11. The summed E-state index contributed by atoms with van der Waals surface area (Å²) < 4.78 is 45.2. The summed E-state index contributed by atoms with van der Waals surface area (Å²) in [5.41, 5.74) is -1.50. The zero-order valence-electron chi connectivity index (χ0n) is 14.3. The van der Waals surface area contributed by atoms with Crippen molar-refractivity contribution in [1.82, 2.24) is 5.32 Å². The molecule has 10 nitrogen and oxygen atoms in total. The molecule has 0 bridgehead atoms. The topological polar surface area (TPSA) is 134 Å². The van der Waals surface area contributed by atoms with Gasteiger partial charge in [0.2, 0.25) is 0 Å². The molecule has 30 heavy (non-hydrogen) atoms. The number of alkyl halides is 3. The van der Waals surface area contributed by atoms with Crippen molar-refractivity contribution >= 4 is 17.3 Å². The van der Waals surface area contributed by atoms with Crippen LogP contribution in [0.1, 0.15) is 17.8 Å². The molecular weight excluding hydrogens is 415 g/mol. The third-order valence-corrected chi connectivity index (χ3v) is 3.30. The third kappa shape index (κ3) is 7.26. The Hall–Kier alpha value is -3.90. The van der Waals surface area contributed by atoms with Gasteiger partial charge in [-0.05, 0) is 24.3 Å². The van der Waals surface area contributed by atoms with E-state index in [-0.39, 0.29) is 31.9 Å². The van der Waals surface area contributed by atoms with Crippen LogP contribution in [0, 0.1) is 20.2 Å². The molecule has 0 heterocycles. The molecule has 0 spiro atoms. The summed E-state index contributed by atoms with van der Waals surface area (Å²) in [7, 11) is 0. The first-order valence-corrected chi connectivity index (χ1v) is 7.76. The zero-order chi connectivity index (χ0) is 21.6. The molecule has 0 aromatic heterocycles. The Balaban J connectivity index is 0.00000450. The highest BCUT2D eigenvalue weighted by Gasteiger charge is 2.31. The fourth-order valence-electron chi connectivity index (χ4n) is 2.11. The van der Waals surface area contributed by atoms with Crippen molar-refractivity contribution < 1.29 is 37.3 Å². The minimum absolute atomic E-state index is 0. The van der Waals surface area contributed by atoms with E-state index in [1.165, 1.54) is 12.1 Å². The van der Waals surface area contributed by atoms with Gasteiger partial charge in [0.05, 0.1) is 28.0 Å². The summed E-state index contributed by atoms with van der Waals surface area (Å²) >= 11 is 0. The van der Waals surface area contributed by atoms with Gasteiger partial charge in [-0.15, -0.1) is 13.2 Å². The lowest BCUT2D eigenvalue weighted by atomic mass is 10.1. The molecule has 0 saturated heterocycles. The van der Waals surface area contributed by atoms with E-state index in [0.717, 1.165) is 30.3 Å². The molecule has 162 valence electrons. The average molecular weight is 431 g/mol. The number of hydrogen-bond acceptors (Lipinski definition) is 7. The van der Waals surface area contributed by atoms with Crippen LogP contribution in [0.15, 0.2) is 42.5 Å². The van der Waals surface area contributed by atoms with E-state index in [4.69, 9.17) is 4.74 Å². The lowest BCUT2D eigenvalue weighted by Crippen LogP contribution is -2.28. The standard InChI is InChI=1S/C16H12F3N3O7.CH4/c17-16(18,19)29-14-3-1-13(2-4-14)28-6-5-20-15(23)10-7-11(21(24)25)9-12(8-10)22(26)27;/h1-4,7-9H,5-6H2,(H,20,23);1H4. The van der Waals surface area contributed by atoms with Crippen molar-refractivity contribution in [3.63, 3.8) is 0 Å². The van der Waals surface area contributed by atoms with Gasteiger partial charge in [0.1, 0.15) is 18.1 Å². The van der Waals surface area contributed by atoms with E-state index in [0.29, 0.717) is 0 Å². The maximum Gasteiger partial charge on any atom is 0.573 e. The summed E-state index contributed by atoms with van der Waals surface area (Å²) in [5.74, 6) is -1.01. The Morgan fingerprint density at radius 3 is 1.93 bits per heavy atom. The van der Waals surface area contributed by atoms with Crippen molar-refractivity contribution in [3.8, 4) is 11.5 Å². The van der Waals surface area contributed by atoms with Crippen LogP contribution >= 0.6 is 0 Å². The third-order valence-electron chi connectivity index (χ3n) is 3.30. The molecule has 1 N–H and O–H groups in total. The number of non-ortho nitro benzene ring substituents is 2. The second kappa shape index (κ2) is 10.0. The Morgan fingerprint density at radius 2 is 1.47 bits per heavy atom. The molecule has 2 aromatic carbocycles. The van der Waals surface area contributed by atoms with Crippen LogP contribution in [0.25, 0.3) is 0 Å². The molecule has 0 radical (unpaired) electrons. The van der Waals surface area contributed by atoms with E-state index in [9.17, 15) is 38.2 Å². The summed E-state index contributed by atoms with van der Waals surface area (Å²) in [6.45, 7) is -0.154. The molecule has 0 unspecified atom stereocenters. The van der Waals surface area contributed by atoms with Gasteiger partial charge >= 0.3 is 6.36 Å². The minimum atomic E-state index is -4.81. The molecule has 0 saturated carbocycles. The lowest BCUT2D eigenvalue weighted by Gasteiger charge is -2.10. The number of halogens is 3. The van der Waals surface area contributed by atoms with E-state index in [1.807, 2.05) is 0 Å². The normalized spacial score (nSPS) is 10.5. The highest BCUT2D eigenvalue weighted by molar-refractivity contribution is 5.95. The van der Waals surface area contributed by atoms with Crippen molar-refractivity contribution in [2.24, 2.45) is 0 Å². The number of nitro benzene ring substituents is 2. The number of nitro groups is 2. The van der Waals surface area contributed by atoms with Gasteiger partial charge in [-0.2, -0.15) is 0 Å².